The lowest BCUT2D eigenvalue weighted by molar-refractivity contribution is -0.0231. The Hall–Kier alpha value is -3.09. The lowest BCUT2D eigenvalue weighted by Crippen LogP contribution is -2.62. The Kier molecular flexibility index (Phi) is 5.13. The largest absolute Gasteiger partial charge is 0.388 e. The summed E-state index contributed by atoms with van der Waals surface area (Å²) in [5.74, 6) is -0.196. The molecule has 4 rings (SSSR count). The van der Waals surface area contributed by atoms with Crippen molar-refractivity contribution in [1.82, 2.24) is 25.5 Å². The molecule has 8 nitrogen and oxygen atoms in total. The SMILES string of the molecule is CC(C)[C@@](C)(O)[C@@H]1CN(c2nc(-c3n[nH]c4ncccc34)c(F)cc2C#N)CCN1. The minimum atomic E-state index is -0.946. The number of aromatic amines is 1. The first-order chi connectivity index (χ1) is 14.3. The molecular formula is C21H24FN7O. The van der Waals surface area contributed by atoms with Gasteiger partial charge in [0.1, 0.15) is 23.3 Å². The number of halogens is 1. The van der Waals surface area contributed by atoms with Gasteiger partial charge in [0.05, 0.1) is 17.2 Å². The van der Waals surface area contributed by atoms with Crippen molar-refractivity contribution in [2.75, 3.05) is 24.5 Å². The molecule has 4 heterocycles. The van der Waals surface area contributed by atoms with Crippen LogP contribution in [0.4, 0.5) is 10.2 Å². The highest BCUT2D eigenvalue weighted by Crippen LogP contribution is 2.31. The van der Waals surface area contributed by atoms with Crippen LogP contribution in [0.25, 0.3) is 22.4 Å². The first kappa shape index (κ1) is 20.2. The first-order valence-corrected chi connectivity index (χ1v) is 9.93. The van der Waals surface area contributed by atoms with Gasteiger partial charge in [0, 0.05) is 31.2 Å². The minimum Gasteiger partial charge on any atom is -0.388 e. The number of aromatic nitrogens is 4. The van der Waals surface area contributed by atoms with Crippen molar-refractivity contribution in [2.45, 2.75) is 32.4 Å². The second kappa shape index (κ2) is 7.63. The van der Waals surface area contributed by atoms with E-state index in [0.717, 1.165) is 0 Å². The highest BCUT2D eigenvalue weighted by Gasteiger charge is 2.38. The fourth-order valence-corrected chi connectivity index (χ4v) is 3.74. The van der Waals surface area contributed by atoms with E-state index in [4.69, 9.17) is 0 Å². The molecule has 2 atom stereocenters. The molecule has 3 aromatic heterocycles. The average molecular weight is 409 g/mol. The van der Waals surface area contributed by atoms with Gasteiger partial charge in [-0.2, -0.15) is 10.4 Å². The maximum absolute atomic E-state index is 14.9. The molecule has 30 heavy (non-hydrogen) atoms. The van der Waals surface area contributed by atoms with Crippen LogP contribution in [-0.2, 0) is 0 Å². The van der Waals surface area contributed by atoms with E-state index >= 15 is 0 Å². The Morgan fingerprint density at radius 3 is 2.93 bits per heavy atom. The predicted molar refractivity (Wildman–Crippen MR) is 111 cm³/mol. The van der Waals surface area contributed by atoms with E-state index in [1.54, 1.807) is 25.3 Å². The van der Waals surface area contributed by atoms with Crippen molar-refractivity contribution < 1.29 is 9.50 Å². The van der Waals surface area contributed by atoms with Gasteiger partial charge in [-0.3, -0.25) is 5.10 Å². The second-order valence-electron chi connectivity index (χ2n) is 8.11. The van der Waals surface area contributed by atoms with Gasteiger partial charge in [0.2, 0.25) is 0 Å². The summed E-state index contributed by atoms with van der Waals surface area (Å²) in [6, 6.07) is 6.57. The quantitative estimate of drug-likeness (QED) is 0.605. The topological polar surface area (TPSA) is 114 Å². The summed E-state index contributed by atoms with van der Waals surface area (Å²) >= 11 is 0. The smallest absolute Gasteiger partial charge is 0.155 e. The summed E-state index contributed by atoms with van der Waals surface area (Å²) < 4.78 is 14.9. The Labute approximate surface area is 173 Å². The number of nitrogens with one attached hydrogen (secondary N) is 2. The molecule has 1 aliphatic rings. The van der Waals surface area contributed by atoms with Crippen LogP contribution >= 0.6 is 0 Å². The van der Waals surface area contributed by atoms with Gasteiger partial charge in [0.25, 0.3) is 0 Å². The van der Waals surface area contributed by atoms with Gasteiger partial charge in [-0.15, -0.1) is 0 Å². The number of nitriles is 1. The Morgan fingerprint density at radius 2 is 2.20 bits per heavy atom. The van der Waals surface area contributed by atoms with Gasteiger partial charge in [-0.1, -0.05) is 13.8 Å². The summed E-state index contributed by atoms with van der Waals surface area (Å²) in [6.45, 7) is 7.37. The van der Waals surface area contributed by atoms with Gasteiger partial charge < -0.3 is 15.3 Å². The maximum Gasteiger partial charge on any atom is 0.155 e. The Balaban J connectivity index is 1.77. The molecule has 0 aliphatic carbocycles. The monoisotopic (exact) mass is 409 g/mol. The third kappa shape index (κ3) is 3.38. The number of fused-ring (bicyclic) bond motifs is 1. The molecule has 1 fully saturated rings. The lowest BCUT2D eigenvalue weighted by Gasteiger charge is -2.43. The molecule has 3 N–H and O–H groups in total. The molecule has 9 heteroatoms. The van der Waals surface area contributed by atoms with Gasteiger partial charge in [-0.25, -0.2) is 14.4 Å². The summed E-state index contributed by atoms with van der Waals surface area (Å²) in [7, 11) is 0. The maximum atomic E-state index is 14.9. The van der Waals surface area contributed by atoms with Crippen LogP contribution in [0.2, 0.25) is 0 Å². The fraction of sp³-hybridized carbons (Fsp3) is 0.429. The zero-order valence-corrected chi connectivity index (χ0v) is 17.1. The van der Waals surface area contributed by atoms with Crippen molar-refractivity contribution in [2.24, 2.45) is 5.92 Å². The Morgan fingerprint density at radius 1 is 1.40 bits per heavy atom. The van der Waals surface area contributed by atoms with E-state index in [9.17, 15) is 14.8 Å². The van der Waals surface area contributed by atoms with E-state index in [-0.39, 0.29) is 23.2 Å². The predicted octanol–water partition coefficient (Wildman–Crippen LogP) is 2.22. The van der Waals surface area contributed by atoms with E-state index in [0.29, 0.717) is 42.2 Å². The lowest BCUT2D eigenvalue weighted by atomic mass is 9.84. The number of anilines is 1. The van der Waals surface area contributed by atoms with Crippen molar-refractivity contribution in [3.63, 3.8) is 0 Å². The third-order valence-corrected chi connectivity index (χ3v) is 5.99. The molecular weight excluding hydrogens is 385 g/mol. The molecule has 0 bridgehead atoms. The first-order valence-electron chi connectivity index (χ1n) is 9.93. The molecule has 1 saturated heterocycles. The van der Waals surface area contributed by atoms with E-state index in [2.05, 4.69) is 31.6 Å². The molecule has 0 amide bonds. The standard InChI is InChI=1S/C21H24FN7O/c1-12(2)21(3,30)16-11-29(8-7-24-16)20-13(10-23)9-15(22)18(26-20)17-14-5-4-6-25-19(14)28-27-17/h4-6,9,12,16,24,30H,7-8,11H2,1-3H3,(H,25,27,28)/t16-,21+/m0/s1. The van der Waals surface area contributed by atoms with Crippen LogP contribution in [0.5, 0.6) is 0 Å². The zero-order valence-electron chi connectivity index (χ0n) is 17.1. The van der Waals surface area contributed by atoms with Crippen molar-refractivity contribution >= 4 is 16.9 Å². The summed E-state index contributed by atoms with van der Waals surface area (Å²) in [4.78, 5) is 10.6. The van der Waals surface area contributed by atoms with Crippen LogP contribution in [0.15, 0.2) is 24.4 Å². The van der Waals surface area contributed by atoms with Crippen molar-refractivity contribution in [3.05, 3.63) is 35.8 Å². The number of hydrogen-bond acceptors (Lipinski definition) is 7. The van der Waals surface area contributed by atoms with Gasteiger partial charge in [-0.05, 0) is 31.0 Å². The molecule has 1 aliphatic heterocycles. The zero-order chi connectivity index (χ0) is 21.5. The molecule has 0 radical (unpaired) electrons. The van der Waals surface area contributed by atoms with Gasteiger partial charge >= 0.3 is 0 Å². The summed E-state index contributed by atoms with van der Waals surface area (Å²) in [6.07, 6.45) is 1.62. The van der Waals surface area contributed by atoms with E-state index in [1.165, 1.54) is 6.07 Å². The van der Waals surface area contributed by atoms with Crippen molar-refractivity contribution in [1.29, 1.82) is 5.26 Å². The molecule has 0 aromatic carbocycles. The number of nitrogens with zero attached hydrogens (tertiary/aromatic N) is 5. The van der Waals surface area contributed by atoms with E-state index in [1.807, 2.05) is 18.7 Å². The molecule has 0 unspecified atom stereocenters. The fourth-order valence-electron chi connectivity index (χ4n) is 3.74. The van der Waals surface area contributed by atoms with Crippen LogP contribution in [0.3, 0.4) is 0 Å². The molecule has 0 spiro atoms. The number of piperazine rings is 1. The highest BCUT2D eigenvalue weighted by molar-refractivity contribution is 5.90. The van der Waals surface area contributed by atoms with Crippen LogP contribution in [-0.4, -0.2) is 56.5 Å². The van der Waals surface area contributed by atoms with Crippen LogP contribution in [0.1, 0.15) is 26.3 Å². The summed E-state index contributed by atoms with van der Waals surface area (Å²) in [5, 5.41) is 31.5. The minimum absolute atomic E-state index is 0.0324. The molecule has 156 valence electrons. The van der Waals surface area contributed by atoms with Crippen LogP contribution in [0, 0.1) is 23.1 Å². The number of rotatable bonds is 4. The Bertz CT molecular complexity index is 1120. The second-order valence-corrected chi connectivity index (χ2v) is 8.11. The average Bonchev–Trinajstić information content (AvgIpc) is 3.17. The summed E-state index contributed by atoms with van der Waals surface area (Å²) in [5.41, 5.74) is 0.156. The molecule has 0 saturated carbocycles. The molecule has 3 aromatic rings. The normalized spacial score (nSPS) is 19.1. The van der Waals surface area contributed by atoms with Gasteiger partial charge in [0.15, 0.2) is 11.5 Å². The third-order valence-electron chi connectivity index (χ3n) is 5.99. The number of aliphatic hydroxyl groups is 1. The highest BCUT2D eigenvalue weighted by atomic mass is 19.1. The van der Waals surface area contributed by atoms with Crippen LogP contribution < -0.4 is 10.2 Å². The number of pyridine rings is 2. The number of hydrogen-bond donors (Lipinski definition) is 3. The van der Waals surface area contributed by atoms with Crippen molar-refractivity contribution in [3.8, 4) is 17.5 Å². The van der Waals surface area contributed by atoms with E-state index < -0.39 is 11.4 Å². The number of H-pyrrole nitrogens is 1.